The quantitative estimate of drug-likeness (QED) is 0.686. The number of nitriles is 1. The van der Waals surface area contributed by atoms with Crippen molar-refractivity contribution in [2.24, 2.45) is 5.92 Å². The van der Waals surface area contributed by atoms with Crippen LogP contribution in [-0.2, 0) is 0 Å². The summed E-state index contributed by atoms with van der Waals surface area (Å²) in [6.45, 7) is 3.75. The Labute approximate surface area is 163 Å². The minimum Gasteiger partial charge on any atom is -0.457 e. The number of nitrogens with zero attached hydrogens (tertiary/aromatic N) is 2. The lowest BCUT2D eigenvalue weighted by Crippen LogP contribution is -2.41. The molecule has 3 aromatic rings. The normalized spacial score (nSPS) is 11.8. The van der Waals surface area contributed by atoms with Crippen molar-refractivity contribution < 1.29 is 14.6 Å². The molecule has 0 radical (unpaired) electrons. The van der Waals surface area contributed by atoms with Crippen molar-refractivity contribution in [2.45, 2.75) is 19.9 Å². The Kier molecular flexibility index (Phi) is 5.87. The van der Waals surface area contributed by atoms with E-state index in [1.807, 2.05) is 26.0 Å². The highest BCUT2D eigenvalue weighted by atomic mass is 16.5. The predicted octanol–water partition coefficient (Wildman–Crippen LogP) is 3.65. The second-order valence-electron chi connectivity index (χ2n) is 6.80. The van der Waals surface area contributed by atoms with Crippen LogP contribution in [0.15, 0.2) is 54.6 Å². The number of aromatic nitrogens is 1. The van der Waals surface area contributed by atoms with Crippen molar-refractivity contribution in [3.8, 4) is 17.6 Å². The Balaban J connectivity index is 1.77. The topological polar surface area (TPSA) is 95.2 Å². The third-order valence-corrected chi connectivity index (χ3v) is 4.43. The number of aliphatic hydroxyl groups is 1. The van der Waals surface area contributed by atoms with Gasteiger partial charge in [-0.15, -0.1) is 0 Å². The molecule has 0 spiro atoms. The predicted molar refractivity (Wildman–Crippen MR) is 106 cm³/mol. The summed E-state index contributed by atoms with van der Waals surface area (Å²) in [5, 5.41) is 21.9. The van der Waals surface area contributed by atoms with Crippen molar-refractivity contribution >= 4 is 16.8 Å². The van der Waals surface area contributed by atoms with E-state index in [1.54, 1.807) is 42.5 Å². The molecule has 0 aliphatic heterocycles. The Hall–Kier alpha value is -3.43. The minimum absolute atomic E-state index is 0.118. The van der Waals surface area contributed by atoms with Crippen LogP contribution in [0.2, 0.25) is 0 Å². The molecule has 0 saturated heterocycles. The third-order valence-electron chi connectivity index (χ3n) is 4.43. The number of pyridine rings is 1. The van der Waals surface area contributed by atoms with Crippen molar-refractivity contribution in [1.29, 1.82) is 5.26 Å². The van der Waals surface area contributed by atoms with E-state index < -0.39 is 0 Å². The first kappa shape index (κ1) is 19.3. The van der Waals surface area contributed by atoms with Crippen LogP contribution in [-0.4, -0.2) is 28.6 Å². The molecule has 0 saturated carbocycles. The third kappa shape index (κ3) is 4.45. The van der Waals surface area contributed by atoms with E-state index in [0.717, 1.165) is 5.39 Å². The number of carbonyl (C=O) groups excluding carboxylic acids is 1. The second-order valence-corrected chi connectivity index (χ2v) is 6.80. The van der Waals surface area contributed by atoms with Gasteiger partial charge in [0.15, 0.2) is 0 Å². The first-order valence-corrected chi connectivity index (χ1v) is 9.00. The van der Waals surface area contributed by atoms with Crippen LogP contribution in [0.4, 0.5) is 0 Å². The maximum Gasteiger partial charge on any atom is 0.270 e. The number of amides is 1. The molecule has 0 bridgehead atoms. The zero-order valence-electron chi connectivity index (χ0n) is 15.7. The summed E-state index contributed by atoms with van der Waals surface area (Å²) in [5.41, 5.74) is 1.54. The Morgan fingerprint density at radius 2 is 1.86 bits per heavy atom. The molecular weight excluding hydrogens is 354 g/mol. The number of nitrogens with one attached hydrogen (secondary N) is 1. The van der Waals surface area contributed by atoms with Crippen molar-refractivity contribution in [3.63, 3.8) is 0 Å². The SMILES string of the molecule is CC(C)C(CO)NC(=O)c1ccc2cc(Oc3ccc(C#N)cc3)ccc2n1. The van der Waals surface area contributed by atoms with E-state index in [4.69, 9.17) is 10.00 Å². The monoisotopic (exact) mass is 375 g/mol. The largest absolute Gasteiger partial charge is 0.457 e. The van der Waals surface area contributed by atoms with E-state index in [9.17, 15) is 9.90 Å². The fourth-order valence-corrected chi connectivity index (χ4v) is 2.69. The summed E-state index contributed by atoms with van der Waals surface area (Å²) in [4.78, 5) is 16.8. The molecule has 1 heterocycles. The molecule has 1 aromatic heterocycles. The average Bonchev–Trinajstić information content (AvgIpc) is 2.71. The van der Waals surface area contributed by atoms with Crippen LogP contribution in [0.5, 0.6) is 11.5 Å². The van der Waals surface area contributed by atoms with Gasteiger partial charge < -0.3 is 15.2 Å². The molecule has 1 atom stereocenters. The first-order chi connectivity index (χ1) is 13.5. The molecule has 2 N–H and O–H groups in total. The molecule has 6 heteroatoms. The molecule has 1 amide bonds. The van der Waals surface area contributed by atoms with Crippen LogP contribution in [0.3, 0.4) is 0 Å². The number of carbonyl (C=O) groups is 1. The van der Waals surface area contributed by atoms with Gasteiger partial charge in [0.05, 0.1) is 29.8 Å². The van der Waals surface area contributed by atoms with Crippen LogP contribution >= 0.6 is 0 Å². The fraction of sp³-hybridized carbons (Fsp3) is 0.227. The Bertz CT molecular complexity index is 1020. The molecule has 0 fully saturated rings. The summed E-state index contributed by atoms with van der Waals surface area (Å²) in [6.07, 6.45) is 0. The van der Waals surface area contributed by atoms with Crippen LogP contribution in [0.25, 0.3) is 10.9 Å². The van der Waals surface area contributed by atoms with Crippen molar-refractivity contribution in [2.75, 3.05) is 6.61 Å². The highest BCUT2D eigenvalue weighted by Crippen LogP contribution is 2.25. The molecule has 3 rings (SSSR count). The lowest BCUT2D eigenvalue weighted by Gasteiger charge is -2.19. The van der Waals surface area contributed by atoms with E-state index in [1.165, 1.54) is 0 Å². The Morgan fingerprint density at radius 1 is 1.14 bits per heavy atom. The molecular formula is C22H21N3O3. The van der Waals surface area contributed by atoms with E-state index in [-0.39, 0.29) is 24.5 Å². The highest BCUT2D eigenvalue weighted by molar-refractivity contribution is 5.95. The molecule has 6 nitrogen and oxygen atoms in total. The van der Waals surface area contributed by atoms with E-state index in [2.05, 4.69) is 16.4 Å². The van der Waals surface area contributed by atoms with Crippen LogP contribution in [0, 0.1) is 17.2 Å². The molecule has 1 unspecified atom stereocenters. The minimum atomic E-state index is -0.312. The molecule has 0 aliphatic carbocycles. The molecule has 0 aliphatic rings. The molecule has 28 heavy (non-hydrogen) atoms. The van der Waals surface area contributed by atoms with Crippen molar-refractivity contribution in [1.82, 2.24) is 10.3 Å². The summed E-state index contributed by atoms with van der Waals surface area (Å²) in [5.74, 6) is 1.08. The highest BCUT2D eigenvalue weighted by Gasteiger charge is 2.17. The number of aliphatic hydroxyl groups excluding tert-OH is 1. The van der Waals surface area contributed by atoms with Crippen LogP contribution < -0.4 is 10.1 Å². The number of benzene rings is 2. The van der Waals surface area contributed by atoms with Gasteiger partial charge in [0.2, 0.25) is 0 Å². The van der Waals surface area contributed by atoms with Gasteiger partial charge in [0.25, 0.3) is 5.91 Å². The van der Waals surface area contributed by atoms with Gasteiger partial charge >= 0.3 is 0 Å². The first-order valence-electron chi connectivity index (χ1n) is 9.00. The lowest BCUT2D eigenvalue weighted by molar-refractivity contribution is 0.0892. The van der Waals surface area contributed by atoms with Gasteiger partial charge in [-0.05, 0) is 54.4 Å². The number of rotatable bonds is 6. The van der Waals surface area contributed by atoms with Crippen molar-refractivity contribution in [3.05, 3.63) is 65.9 Å². The van der Waals surface area contributed by atoms with Gasteiger partial charge in [-0.2, -0.15) is 5.26 Å². The molecule has 142 valence electrons. The number of fused-ring (bicyclic) bond motifs is 1. The van der Waals surface area contributed by atoms with Crippen LogP contribution in [0.1, 0.15) is 29.9 Å². The van der Waals surface area contributed by atoms with Gasteiger partial charge in [-0.25, -0.2) is 4.98 Å². The zero-order chi connectivity index (χ0) is 20.1. The summed E-state index contributed by atoms with van der Waals surface area (Å²) in [6, 6.07) is 17.5. The summed E-state index contributed by atoms with van der Waals surface area (Å²) >= 11 is 0. The van der Waals surface area contributed by atoms with Gasteiger partial charge in [0, 0.05) is 5.39 Å². The molecule has 2 aromatic carbocycles. The van der Waals surface area contributed by atoms with E-state index >= 15 is 0 Å². The summed E-state index contributed by atoms with van der Waals surface area (Å²) in [7, 11) is 0. The number of hydrogen-bond donors (Lipinski definition) is 2. The standard InChI is InChI=1S/C22H21N3O3/c1-14(2)21(13-26)25-22(27)20-9-5-16-11-18(8-10-19(16)24-20)28-17-6-3-15(12-23)4-7-17/h3-11,14,21,26H,13H2,1-2H3,(H,25,27). The van der Waals surface area contributed by atoms with Gasteiger partial charge in [0.1, 0.15) is 17.2 Å². The lowest BCUT2D eigenvalue weighted by atomic mass is 10.1. The average molecular weight is 375 g/mol. The fourth-order valence-electron chi connectivity index (χ4n) is 2.69. The number of hydrogen-bond acceptors (Lipinski definition) is 5. The zero-order valence-corrected chi connectivity index (χ0v) is 15.7. The maximum atomic E-state index is 12.4. The second kappa shape index (κ2) is 8.51. The smallest absolute Gasteiger partial charge is 0.270 e. The summed E-state index contributed by atoms with van der Waals surface area (Å²) < 4.78 is 5.81. The van der Waals surface area contributed by atoms with Gasteiger partial charge in [-0.1, -0.05) is 19.9 Å². The van der Waals surface area contributed by atoms with E-state index in [0.29, 0.717) is 28.3 Å². The number of ether oxygens (including phenoxy) is 1. The Morgan fingerprint density at radius 3 is 2.50 bits per heavy atom. The van der Waals surface area contributed by atoms with Gasteiger partial charge in [-0.3, -0.25) is 4.79 Å². The maximum absolute atomic E-state index is 12.4.